The van der Waals surface area contributed by atoms with Gasteiger partial charge in [0, 0.05) is 55.6 Å². The molecule has 2 amide bonds. The van der Waals surface area contributed by atoms with E-state index in [0.717, 1.165) is 46.1 Å². The first-order valence-corrected chi connectivity index (χ1v) is 15.5. The molecular weight excluding hydrogens is 572 g/mol. The second-order valence-corrected chi connectivity index (χ2v) is 12.3. The molecule has 46 heavy (non-hydrogen) atoms. The van der Waals surface area contributed by atoms with Crippen LogP contribution in [0, 0.1) is 11.3 Å². The van der Waals surface area contributed by atoms with Crippen LogP contribution in [0.2, 0.25) is 0 Å². The number of benzene rings is 3. The van der Waals surface area contributed by atoms with Crippen LogP contribution < -0.4 is 15.4 Å². The van der Waals surface area contributed by atoms with Gasteiger partial charge in [0.25, 0.3) is 0 Å². The van der Waals surface area contributed by atoms with Crippen molar-refractivity contribution in [2.24, 2.45) is 0 Å². The molecule has 0 fully saturated rings. The first-order valence-electron chi connectivity index (χ1n) is 15.5. The Kier molecular flexibility index (Phi) is 10.3. The topological polar surface area (TPSA) is 103 Å². The number of fused-ring (bicyclic) bond motifs is 1. The van der Waals surface area contributed by atoms with Gasteiger partial charge in [-0.15, -0.1) is 0 Å². The Morgan fingerprint density at radius 3 is 2.41 bits per heavy atom. The Bertz CT molecular complexity index is 1830. The quantitative estimate of drug-likeness (QED) is 0.156. The van der Waals surface area contributed by atoms with E-state index in [1.165, 1.54) is 5.56 Å². The fraction of sp³-hybridized carbons (Fsp3) is 0.263. The normalized spacial score (nSPS) is 11.3. The number of methoxy groups -OCH3 is 1. The standard InChI is InChI=1S/C38H40N6O2/c1-38(2,3)29-13-17-36(46-4)35(23-29)43-37(45)42-34-16-15-31(32-10-5-6-11-33(32)34)28-12-14-30(41-25-28)26-44(21-8-19-39)22-18-27-9-7-20-40-24-27/h5-7,9-17,20,23-25H,8,18,21-22,26H2,1-4H3,(H2,42,43,45). The van der Waals surface area contributed by atoms with Crippen molar-refractivity contribution in [1.29, 1.82) is 5.26 Å². The highest BCUT2D eigenvalue weighted by Gasteiger charge is 2.18. The zero-order valence-corrected chi connectivity index (χ0v) is 26.9. The minimum atomic E-state index is -0.349. The fourth-order valence-electron chi connectivity index (χ4n) is 5.43. The number of nitriles is 1. The van der Waals surface area contributed by atoms with Crippen LogP contribution in [0.1, 0.15) is 44.0 Å². The van der Waals surface area contributed by atoms with Gasteiger partial charge in [0.15, 0.2) is 0 Å². The number of hydrogen-bond donors (Lipinski definition) is 2. The molecule has 0 unspecified atom stereocenters. The van der Waals surface area contributed by atoms with E-state index in [0.29, 0.717) is 36.6 Å². The maximum atomic E-state index is 13.2. The maximum absolute atomic E-state index is 13.2. The lowest BCUT2D eigenvalue weighted by atomic mass is 9.87. The summed E-state index contributed by atoms with van der Waals surface area (Å²) in [7, 11) is 1.59. The van der Waals surface area contributed by atoms with Crippen LogP contribution in [0.15, 0.2) is 97.5 Å². The summed E-state index contributed by atoms with van der Waals surface area (Å²) in [6.07, 6.45) is 6.88. The van der Waals surface area contributed by atoms with Crippen LogP contribution >= 0.6 is 0 Å². The van der Waals surface area contributed by atoms with E-state index in [-0.39, 0.29) is 11.4 Å². The van der Waals surface area contributed by atoms with Gasteiger partial charge in [0.2, 0.25) is 0 Å². The molecule has 2 heterocycles. The Morgan fingerprint density at radius 1 is 0.913 bits per heavy atom. The van der Waals surface area contributed by atoms with Gasteiger partial charge in [-0.1, -0.05) is 69.3 Å². The largest absolute Gasteiger partial charge is 0.495 e. The van der Waals surface area contributed by atoms with Crippen LogP contribution in [0.25, 0.3) is 21.9 Å². The Balaban J connectivity index is 1.32. The molecule has 3 aromatic carbocycles. The van der Waals surface area contributed by atoms with Crippen molar-refractivity contribution in [1.82, 2.24) is 14.9 Å². The number of urea groups is 1. The van der Waals surface area contributed by atoms with Gasteiger partial charge in [-0.05, 0) is 64.2 Å². The summed E-state index contributed by atoms with van der Waals surface area (Å²) in [5.74, 6) is 0.598. The maximum Gasteiger partial charge on any atom is 0.323 e. The van der Waals surface area contributed by atoms with Crippen LogP contribution in [0.3, 0.4) is 0 Å². The molecule has 0 atom stereocenters. The molecule has 8 heteroatoms. The van der Waals surface area contributed by atoms with E-state index in [9.17, 15) is 10.1 Å². The third-order valence-corrected chi connectivity index (χ3v) is 7.99. The summed E-state index contributed by atoms with van der Waals surface area (Å²) in [5, 5.41) is 17.1. The van der Waals surface area contributed by atoms with E-state index >= 15 is 0 Å². The summed E-state index contributed by atoms with van der Waals surface area (Å²) in [5.41, 5.74) is 6.46. The summed E-state index contributed by atoms with van der Waals surface area (Å²) >= 11 is 0. The van der Waals surface area contributed by atoms with Gasteiger partial charge in [0.05, 0.1) is 30.2 Å². The number of amides is 2. The van der Waals surface area contributed by atoms with Crippen LogP contribution in [0.4, 0.5) is 16.2 Å². The molecule has 0 saturated heterocycles. The predicted molar refractivity (Wildman–Crippen MR) is 185 cm³/mol. The smallest absolute Gasteiger partial charge is 0.323 e. The van der Waals surface area contributed by atoms with Crippen molar-refractivity contribution in [3.05, 3.63) is 114 Å². The van der Waals surface area contributed by atoms with E-state index in [1.807, 2.05) is 73.1 Å². The molecule has 0 aliphatic rings. The average Bonchev–Trinajstić information content (AvgIpc) is 3.06. The molecule has 0 radical (unpaired) electrons. The molecule has 8 nitrogen and oxygen atoms in total. The van der Waals surface area contributed by atoms with E-state index in [4.69, 9.17) is 9.72 Å². The number of anilines is 2. The number of nitrogens with zero attached hydrogens (tertiary/aromatic N) is 4. The van der Waals surface area contributed by atoms with Crippen LogP contribution in [-0.4, -0.2) is 41.1 Å². The molecule has 2 aromatic heterocycles. The Labute approximate surface area is 271 Å². The van der Waals surface area contributed by atoms with E-state index < -0.39 is 0 Å². The summed E-state index contributed by atoms with van der Waals surface area (Å²) in [6, 6.07) is 27.9. The van der Waals surface area contributed by atoms with Crippen molar-refractivity contribution in [2.75, 3.05) is 30.8 Å². The van der Waals surface area contributed by atoms with Crippen LogP contribution in [-0.2, 0) is 18.4 Å². The molecule has 5 aromatic rings. The first kappa shape index (κ1) is 32.1. The summed E-state index contributed by atoms with van der Waals surface area (Å²) < 4.78 is 5.51. The SMILES string of the molecule is COc1ccc(C(C)(C)C)cc1NC(=O)Nc1ccc(-c2ccc(CN(CCC#N)CCc3cccnc3)nc2)c2ccccc12. The van der Waals surface area contributed by atoms with Crippen molar-refractivity contribution in [3.63, 3.8) is 0 Å². The average molecular weight is 613 g/mol. The number of carbonyl (C=O) groups is 1. The van der Waals surface area contributed by atoms with Gasteiger partial charge in [0.1, 0.15) is 5.75 Å². The van der Waals surface area contributed by atoms with Crippen molar-refractivity contribution >= 4 is 28.2 Å². The van der Waals surface area contributed by atoms with Crippen molar-refractivity contribution in [3.8, 4) is 22.9 Å². The number of pyridine rings is 2. The number of nitrogens with one attached hydrogen (secondary N) is 2. The van der Waals surface area contributed by atoms with Gasteiger partial charge >= 0.3 is 6.03 Å². The van der Waals surface area contributed by atoms with Gasteiger partial charge in [-0.25, -0.2) is 4.79 Å². The van der Waals surface area contributed by atoms with Crippen LogP contribution in [0.5, 0.6) is 5.75 Å². The Hall–Kier alpha value is -5.26. The molecule has 234 valence electrons. The van der Waals surface area contributed by atoms with Gasteiger partial charge in [-0.3, -0.25) is 14.9 Å². The lowest BCUT2D eigenvalue weighted by Crippen LogP contribution is -2.27. The second-order valence-electron chi connectivity index (χ2n) is 12.3. The van der Waals surface area contributed by atoms with Gasteiger partial charge in [-0.2, -0.15) is 5.26 Å². The molecule has 0 spiro atoms. The zero-order chi connectivity index (χ0) is 32.5. The number of rotatable bonds is 11. The summed E-state index contributed by atoms with van der Waals surface area (Å²) in [4.78, 5) is 24.5. The van der Waals surface area contributed by atoms with Crippen molar-refractivity contribution < 1.29 is 9.53 Å². The molecular formula is C38H40N6O2. The third-order valence-electron chi connectivity index (χ3n) is 7.99. The second kappa shape index (κ2) is 14.7. The van der Waals surface area contributed by atoms with Gasteiger partial charge < -0.3 is 15.4 Å². The number of aromatic nitrogens is 2. The number of carbonyl (C=O) groups excluding carboxylic acids is 1. The minimum absolute atomic E-state index is 0.0741. The van der Waals surface area contributed by atoms with E-state index in [2.05, 4.69) is 65.6 Å². The lowest BCUT2D eigenvalue weighted by Gasteiger charge is -2.21. The highest BCUT2D eigenvalue weighted by Crippen LogP contribution is 2.34. The summed E-state index contributed by atoms with van der Waals surface area (Å²) in [6.45, 7) is 8.55. The zero-order valence-electron chi connectivity index (χ0n) is 26.9. The monoisotopic (exact) mass is 612 g/mol. The molecule has 5 rings (SSSR count). The minimum Gasteiger partial charge on any atom is -0.495 e. The molecule has 0 aliphatic heterocycles. The Morgan fingerprint density at radius 2 is 1.72 bits per heavy atom. The van der Waals surface area contributed by atoms with Crippen molar-refractivity contribution in [2.45, 2.75) is 45.6 Å². The number of hydrogen-bond acceptors (Lipinski definition) is 6. The predicted octanol–water partition coefficient (Wildman–Crippen LogP) is 8.21. The first-order chi connectivity index (χ1) is 22.2. The lowest BCUT2D eigenvalue weighted by molar-refractivity contribution is 0.262. The molecule has 0 bridgehead atoms. The molecule has 0 aliphatic carbocycles. The molecule has 0 saturated carbocycles. The van der Waals surface area contributed by atoms with E-state index in [1.54, 1.807) is 13.3 Å². The fourth-order valence-corrected chi connectivity index (χ4v) is 5.43. The highest BCUT2D eigenvalue weighted by molar-refractivity contribution is 6.10. The third kappa shape index (κ3) is 8.06. The highest BCUT2D eigenvalue weighted by atomic mass is 16.5. The molecule has 2 N–H and O–H groups in total. The number of ether oxygens (including phenoxy) is 1.